The Labute approximate surface area is 151 Å². The second kappa shape index (κ2) is 6.95. The van der Waals surface area contributed by atoms with Crippen molar-refractivity contribution in [3.8, 4) is 0 Å². The molecule has 26 heavy (non-hydrogen) atoms. The van der Waals surface area contributed by atoms with Crippen LogP contribution in [-0.4, -0.2) is 50.9 Å². The lowest BCUT2D eigenvalue weighted by atomic mass is 9.82. The zero-order valence-electron chi connectivity index (χ0n) is 15.4. The van der Waals surface area contributed by atoms with Crippen LogP contribution >= 0.6 is 0 Å². The second-order valence-corrected chi connectivity index (χ2v) is 7.49. The summed E-state index contributed by atoms with van der Waals surface area (Å²) in [7, 11) is 0. The summed E-state index contributed by atoms with van der Waals surface area (Å²) in [5.74, 6) is -3.15. The number of piperidine rings is 1. The number of hydrogen-bond donors (Lipinski definition) is 1. The predicted molar refractivity (Wildman–Crippen MR) is 95.1 cm³/mol. The molecule has 1 fully saturated rings. The molecule has 3 heterocycles. The van der Waals surface area contributed by atoms with Gasteiger partial charge < -0.3 is 9.51 Å². The first-order chi connectivity index (χ1) is 12.2. The first-order valence-corrected chi connectivity index (χ1v) is 8.97. The largest absolute Gasteiger partial charge is 0.478 e. The highest BCUT2D eigenvalue weighted by Crippen LogP contribution is 2.37. The number of hydrogen-bond acceptors (Lipinski definition) is 3. The van der Waals surface area contributed by atoms with Crippen LogP contribution in [0, 0.1) is 12.8 Å². The van der Waals surface area contributed by atoms with Crippen molar-refractivity contribution in [3.05, 3.63) is 35.4 Å². The molecular weight excluding hydrogens is 340 g/mol. The van der Waals surface area contributed by atoms with Crippen molar-refractivity contribution < 1.29 is 18.7 Å². The van der Waals surface area contributed by atoms with Crippen molar-refractivity contribution >= 4 is 11.5 Å². The van der Waals surface area contributed by atoms with Gasteiger partial charge in [0.2, 0.25) is 0 Å². The average molecular weight is 365 g/mol. The molecule has 0 aromatic carbocycles. The van der Waals surface area contributed by atoms with Crippen molar-refractivity contribution in [2.24, 2.45) is 5.92 Å². The molecule has 1 N–H and O–H groups in total. The molecule has 142 valence electrons. The molecule has 1 aliphatic rings. The normalized spacial score (nSPS) is 18.3. The van der Waals surface area contributed by atoms with Gasteiger partial charge in [0.25, 0.3) is 5.92 Å². The number of rotatable bonds is 5. The smallest absolute Gasteiger partial charge is 0.338 e. The molecule has 0 spiro atoms. The van der Waals surface area contributed by atoms with E-state index in [1.54, 1.807) is 18.6 Å². The molecule has 0 saturated carbocycles. The van der Waals surface area contributed by atoms with E-state index in [0.29, 0.717) is 30.1 Å². The van der Waals surface area contributed by atoms with Crippen molar-refractivity contribution in [2.75, 3.05) is 19.6 Å². The molecule has 3 rings (SSSR count). The Morgan fingerprint density at radius 2 is 2.08 bits per heavy atom. The molecule has 1 atom stereocenters. The fourth-order valence-corrected chi connectivity index (χ4v) is 4.32. The number of halogens is 2. The van der Waals surface area contributed by atoms with Gasteiger partial charge in [-0.15, -0.1) is 0 Å². The Balaban J connectivity index is 1.84. The van der Waals surface area contributed by atoms with Gasteiger partial charge in [0.15, 0.2) is 0 Å². The Morgan fingerprint density at radius 1 is 1.42 bits per heavy atom. The molecule has 0 amide bonds. The van der Waals surface area contributed by atoms with Crippen LogP contribution < -0.4 is 0 Å². The number of carboxylic acid groups (broad SMARTS) is 1. The van der Waals surface area contributed by atoms with Gasteiger partial charge in [0, 0.05) is 25.0 Å². The van der Waals surface area contributed by atoms with Gasteiger partial charge in [-0.3, -0.25) is 9.88 Å². The van der Waals surface area contributed by atoms with Gasteiger partial charge in [-0.25, -0.2) is 13.6 Å². The van der Waals surface area contributed by atoms with Crippen molar-refractivity contribution in [2.45, 2.75) is 45.5 Å². The third-order valence-electron chi connectivity index (χ3n) is 5.52. The molecule has 5 nitrogen and oxygen atoms in total. The van der Waals surface area contributed by atoms with Gasteiger partial charge in [0.1, 0.15) is 0 Å². The van der Waals surface area contributed by atoms with Crippen LogP contribution in [0.4, 0.5) is 8.78 Å². The molecule has 0 aliphatic carbocycles. The van der Waals surface area contributed by atoms with Gasteiger partial charge in [-0.1, -0.05) is 6.92 Å². The fourth-order valence-electron chi connectivity index (χ4n) is 4.32. The number of alkyl halides is 2. The van der Waals surface area contributed by atoms with Gasteiger partial charge in [0.05, 0.1) is 23.8 Å². The van der Waals surface area contributed by atoms with Gasteiger partial charge in [-0.05, 0) is 50.3 Å². The summed E-state index contributed by atoms with van der Waals surface area (Å²) in [6.07, 6.45) is 6.70. The number of aromatic nitrogens is 2. The minimum atomic E-state index is -2.67. The molecule has 1 saturated heterocycles. The van der Waals surface area contributed by atoms with Gasteiger partial charge in [-0.2, -0.15) is 0 Å². The maximum absolute atomic E-state index is 13.2. The monoisotopic (exact) mass is 365 g/mol. The molecule has 0 radical (unpaired) electrons. The van der Waals surface area contributed by atoms with Crippen LogP contribution in [0.1, 0.15) is 54.2 Å². The maximum Gasteiger partial charge on any atom is 0.338 e. The van der Waals surface area contributed by atoms with Crippen LogP contribution in [0.2, 0.25) is 0 Å². The van der Waals surface area contributed by atoms with Crippen molar-refractivity contribution in [1.29, 1.82) is 0 Å². The second-order valence-electron chi connectivity index (χ2n) is 7.49. The highest BCUT2D eigenvalue weighted by molar-refractivity contribution is 5.98. The Bertz CT molecular complexity index is 805. The summed E-state index contributed by atoms with van der Waals surface area (Å²) in [5, 5.41) is 9.59. The third kappa shape index (κ3) is 3.58. The number of likely N-dealkylation sites (tertiary alicyclic amines) is 1. The summed E-state index contributed by atoms with van der Waals surface area (Å²) in [6.45, 7) is 6.00. The number of nitrogens with zero attached hydrogens (tertiary/aromatic N) is 3. The maximum atomic E-state index is 13.2. The van der Waals surface area contributed by atoms with Crippen LogP contribution in [-0.2, 0) is 0 Å². The Morgan fingerprint density at radius 3 is 2.65 bits per heavy atom. The lowest BCUT2D eigenvalue weighted by Gasteiger charge is -2.36. The molecule has 1 aliphatic heterocycles. The van der Waals surface area contributed by atoms with E-state index in [1.165, 1.54) is 0 Å². The number of carboxylic acids is 1. The van der Waals surface area contributed by atoms with Crippen LogP contribution in [0.3, 0.4) is 0 Å². The minimum Gasteiger partial charge on any atom is -0.478 e. The van der Waals surface area contributed by atoms with E-state index in [4.69, 9.17) is 0 Å². The lowest BCUT2D eigenvalue weighted by molar-refractivity contribution is -0.0231. The first-order valence-electron chi connectivity index (χ1n) is 8.97. The SMILES string of the molecule is Cc1c(C(=O)O)c2cnccn2c1C(C)C1CCN(CC(C)(F)F)CC1. The zero-order chi connectivity index (χ0) is 19.1. The molecule has 2 aromatic heterocycles. The zero-order valence-corrected chi connectivity index (χ0v) is 15.4. The molecule has 2 aromatic rings. The summed E-state index contributed by atoms with van der Waals surface area (Å²) in [4.78, 5) is 17.6. The van der Waals surface area contributed by atoms with E-state index < -0.39 is 11.9 Å². The summed E-state index contributed by atoms with van der Waals surface area (Å²) >= 11 is 0. The number of aromatic carboxylic acids is 1. The van der Waals surface area contributed by atoms with E-state index >= 15 is 0 Å². The molecular formula is C19H25F2N3O2. The first kappa shape index (κ1) is 18.8. The molecule has 1 unspecified atom stereocenters. The highest BCUT2D eigenvalue weighted by Gasteiger charge is 2.32. The summed E-state index contributed by atoms with van der Waals surface area (Å²) < 4.78 is 28.4. The van der Waals surface area contributed by atoms with E-state index in [2.05, 4.69) is 11.9 Å². The fraction of sp³-hybridized carbons (Fsp3) is 0.579. The highest BCUT2D eigenvalue weighted by atomic mass is 19.3. The van der Waals surface area contributed by atoms with Crippen LogP contribution in [0.25, 0.3) is 5.52 Å². The Kier molecular flexibility index (Phi) is 5.01. The standard InChI is InChI=1S/C19H25F2N3O2/c1-12(14-4-7-23(8-5-14)11-19(3,20)21)17-13(2)16(18(25)26)15-10-22-6-9-24(15)17/h6,9-10,12,14H,4-5,7-8,11H2,1-3H3,(H,25,26). The van der Waals surface area contributed by atoms with Gasteiger partial charge >= 0.3 is 5.97 Å². The van der Waals surface area contributed by atoms with Crippen molar-refractivity contribution in [3.63, 3.8) is 0 Å². The van der Waals surface area contributed by atoms with E-state index in [-0.39, 0.29) is 12.5 Å². The Hall–Kier alpha value is -2.02. The van der Waals surface area contributed by atoms with E-state index in [9.17, 15) is 18.7 Å². The van der Waals surface area contributed by atoms with Crippen LogP contribution in [0.15, 0.2) is 18.6 Å². The van der Waals surface area contributed by atoms with E-state index in [0.717, 1.165) is 31.0 Å². The van der Waals surface area contributed by atoms with Crippen LogP contribution in [0.5, 0.6) is 0 Å². The average Bonchev–Trinajstić information content (AvgIpc) is 2.85. The third-order valence-corrected chi connectivity index (χ3v) is 5.52. The summed E-state index contributed by atoms with van der Waals surface area (Å²) in [5.41, 5.74) is 2.64. The predicted octanol–water partition coefficient (Wildman–Crippen LogP) is 3.81. The van der Waals surface area contributed by atoms with E-state index in [1.807, 2.05) is 16.2 Å². The topological polar surface area (TPSA) is 57.8 Å². The minimum absolute atomic E-state index is 0.141. The number of fused-ring (bicyclic) bond motifs is 1. The molecule has 7 heteroatoms. The quantitative estimate of drug-likeness (QED) is 0.875. The van der Waals surface area contributed by atoms with Crippen molar-refractivity contribution in [1.82, 2.24) is 14.3 Å². The number of carbonyl (C=O) groups is 1. The lowest BCUT2D eigenvalue weighted by Crippen LogP contribution is -2.41. The summed E-state index contributed by atoms with van der Waals surface area (Å²) in [6, 6.07) is 0. The molecule has 0 bridgehead atoms.